The van der Waals surface area contributed by atoms with Gasteiger partial charge in [0.2, 0.25) is 0 Å². The van der Waals surface area contributed by atoms with Crippen LogP contribution in [0, 0.1) is 5.41 Å². The van der Waals surface area contributed by atoms with Crippen molar-refractivity contribution >= 4 is 46.4 Å². The lowest BCUT2D eigenvalue weighted by atomic mass is 9.84. The first kappa shape index (κ1) is 32.9. The summed E-state index contributed by atoms with van der Waals surface area (Å²) in [7, 11) is 0. The summed E-state index contributed by atoms with van der Waals surface area (Å²) in [5.74, 6) is -2.38. The number of benzene rings is 2. The molecule has 224 valence electrons. The van der Waals surface area contributed by atoms with E-state index in [4.69, 9.17) is 27.9 Å². The van der Waals surface area contributed by atoms with Crippen LogP contribution in [0.4, 0.5) is 27.6 Å². The van der Waals surface area contributed by atoms with E-state index >= 15 is 0 Å². The second-order valence-electron chi connectivity index (χ2n) is 9.80. The molecule has 0 saturated carbocycles. The molecule has 1 heterocycles. The van der Waals surface area contributed by atoms with E-state index in [1.165, 1.54) is 54.9 Å². The smallest absolute Gasteiger partial charge is 0.400 e. The summed E-state index contributed by atoms with van der Waals surface area (Å²) in [6, 6.07) is 9.75. The van der Waals surface area contributed by atoms with Gasteiger partial charge in [-0.25, -0.2) is 8.78 Å². The minimum absolute atomic E-state index is 0.0478. The molecule has 3 rings (SSSR count). The van der Waals surface area contributed by atoms with Gasteiger partial charge in [-0.05, 0) is 61.7 Å². The molecule has 42 heavy (non-hydrogen) atoms. The average molecular weight is 631 g/mol. The molecule has 2 aromatic carbocycles. The minimum Gasteiger partial charge on any atom is -0.487 e. The molecule has 13 heteroatoms. The van der Waals surface area contributed by atoms with Crippen LogP contribution in [-0.4, -0.2) is 41.7 Å². The van der Waals surface area contributed by atoms with Crippen molar-refractivity contribution in [2.24, 2.45) is 5.41 Å². The third-order valence-electron chi connectivity index (χ3n) is 6.42. The monoisotopic (exact) mass is 630 g/mol. The molecule has 0 aliphatic heterocycles. The summed E-state index contributed by atoms with van der Waals surface area (Å²) in [5, 5.41) is 2.75. The van der Waals surface area contributed by atoms with E-state index in [1.807, 2.05) is 0 Å². The van der Waals surface area contributed by atoms with Crippen LogP contribution in [-0.2, 0) is 17.6 Å². The van der Waals surface area contributed by atoms with Crippen molar-refractivity contribution in [1.82, 2.24) is 4.98 Å². The van der Waals surface area contributed by atoms with Crippen LogP contribution >= 0.6 is 23.2 Å². The number of aromatic nitrogens is 1. The van der Waals surface area contributed by atoms with Crippen LogP contribution in [0.15, 0.2) is 54.9 Å². The molecule has 0 spiro atoms. The summed E-state index contributed by atoms with van der Waals surface area (Å²) in [4.78, 5) is 42.3. The maximum absolute atomic E-state index is 13.2. The molecule has 0 saturated heterocycles. The standard InChI is InChI=1S/C29H25Cl2F5N2O4/c1-28(2,29(34,35)36)25(40)8-5-16-3-6-20(30)18(11-16)23(39)13-17-4-7-24(42-15-26(32)33)19(12-17)27(41)38-22-9-10-37-14-21(22)31/h3-4,6-7,9-12,14,26H,5,8,13,15H2,1-2H3,(H,37,38,41). The Morgan fingerprint density at radius 2 is 1.62 bits per heavy atom. The SMILES string of the molecule is CC(C)(C(=O)CCc1ccc(Cl)c(C(=O)Cc2ccc(OCC(F)F)c(C(=O)Nc3ccncc3Cl)c2)c1)C(F)(F)F. The number of carbonyl (C=O) groups excluding carboxylic acids is 3. The normalized spacial score (nSPS) is 11.9. The number of rotatable bonds is 12. The number of nitrogens with one attached hydrogen (secondary N) is 1. The highest BCUT2D eigenvalue weighted by Gasteiger charge is 2.51. The summed E-state index contributed by atoms with van der Waals surface area (Å²) in [5.41, 5.74) is -1.64. The Bertz CT molecular complexity index is 1480. The Labute approximate surface area is 248 Å². The van der Waals surface area contributed by atoms with Crippen molar-refractivity contribution in [3.8, 4) is 5.75 Å². The van der Waals surface area contributed by atoms with Crippen molar-refractivity contribution in [3.05, 3.63) is 87.2 Å². The fourth-order valence-corrected chi connectivity index (χ4v) is 4.15. The van der Waals surface area contributed by atoms with Crippen molar-refractivity contribution in [1.29, 1.82) is 0 Å². The maximum atomic E-state index is 13.2. The quantitative estimate of drug-likeness (QED) is 0.163. The molecule has 0 fully saturated rings. The molecule has 1 amide bonds. The number of ether oxygens (including phenoxy) is 1. The largest absolute Gasteiger partial charge is 0.487 e. The van der Waals surface area contributed by atoms with Crippen LogP contribution in [0.1, 0.15) is 52.1 Å². The van der Waals surface area contributed by atoms with E-state index in [2.05, 4.69) is 10.3 Å². The number of pyridine rings is 1. The number of carbonyl (C=O) groups is 3. The first-order valence-corrected chi connectivity index (χ1v) is 13.2. The fraction of sp³-hybridized carbons (Fsp3) is 0.310. The van der Waals surface area contributed by atoms with Gasteiger partial charge in [-0.15, -0.1) is 0 Å². The van der Waals surface area contributed by atoms with Gasteiger partial charge in [0, 0.05) is 30.8 Å². The molecule has 1 aromatic heterocycles. The third kappa shape index (κ3) is 8.25. The third-order valence-corrected chi connectivity index (χ3v) is 7.05. The highest BCUT2D eigenvalue weighted by atomic mass is 35.5. The van der Waals surface area contributed by atoms with Crippen LogP contribution in [0.25, 0.3) is 0 Å². The van der Waals surface area contributed by atoms with Crippen molar-refractivity contribution in [3.63, 3.8) is 0 Å². The highest BCUT2D eigenvalue weighted by Crippen LogP contribution is 2.39. The molecule has 0 aliphatic carbocycles. The summed E-state index contributed by atoms with van der Waals surface area (Å²) < 4.78 is 70.3. The van der Waals surface area contributed by atoms with Crippen molar-refractivity contribution < 1.29 is 41.1 Å². The number of amides is 1. The van der Waals surface area contributed by atoms with Gasteiger partial charge in [-0.3, -0.25) is 19.4 Å². The number of aryl methyl sites for hydroxylation is 1. The zero-order valence-electron chi connectivity index (χ0n) is 22.3. The predicted octanol–water partition coefficient (Wildman–Crippen LogP) is 7.80. The Morgan fingerprint density at radius 1 is 0.952 bits per heavy atom. The number of halogens is 7. The number of hydrogen-bond donors (Lipinski definition) is 1. The van der Waals surface area contributed by atoms with Gasteiger partial charge < -0.3 is 10.1 Å². The minimum atomic E-state index is -4.70. The summed E-state index contributed by atoms with van der Waals surface area (Å²) >= 11 is 12.3. The molecule has 0 atom stereocenters. The second-order valence-corrected chi connectivity index (χ2v) is 10.6. The topological polar surface area (TPSA) is 85.4 Å². The molecule has 3 aromatic rings. The lowest BCUT2D eigenvalue weighted by molar-refractivity contribution is -0.210. The number of ketones is 2. The highest BCUT2D eigenvalue weighted by molar-refractivity contribution is 6.34. The van der Waals surface area contributed by atoms with E-state index in [0.717, 1.165) is 13.8 Å². The Balaban J connectivity index is 1.82. The number of hydrogen-bond acceptors (Lipinski definition) is 5. The number of anilines is 1. The maximum Gasteiger partial charge on any atom is 0.400 e. The number of Topliss-reactive ketones (excluding diaryl/α,β-unsaturated/α-hetero) is 2. The van der Waals surface area contributed by atoms with E-state index in [1.54, 1.807) is 0 Å². The molecule has 0 unspecified atom stereocenters. The Morgan fingerprint density at radius 3 is 2.26 bits per heavy atom. The zero-order chi connectivity index (χ0) is 31.2. The van der Waals surface area contributed by atoms with Gasteiger partial charge in [0.05, 0.1) is 21.3 Å². The van der Waals surface area contributed by atoms with E-state index in [9.17, 15) is 36.3 Å². The second kappa shape index (κ2) is 13.6. The first-order chi connectivity index (χ1) is 19.6. The van der Waals surface area contributed by atoms with Crippen LogP contribution in [0.5, 0.6) is 5.75 Å². The Kier molecular flexibility index (Phi) is 10.7. The molecule has 1 N–H and O–H groups in total. The molecule has 6 nitrogen and oxygen atoms in total. The number of alkyl halides is 5. The van der Waals surface area contributed by atoms with E-state index < -0.39 is 48.5 Å². The van der Waals surface area contributed by atoms with Crippen LogP contribution < -0.4 is 10.1 Å². The zero-order valence-corrected chi connectivity index (χ0v) is 23.8. The predicted molar refractivity (Wildman–Crippen MR) is 148 cm³/mol. The van der Waals surface area contributed by atoms with Crippen LogP contribution in [0.2, 0.25) is 10.0 Å². The van der Waals surface area contributed by atoms with E-state index in [0.29, 0.717) is 11.1 Å². The molecule has 0 bridgehead atoms. The van der Waals surface area contributed by atoms with Gasteiger partial charge in [0.25, 0.3) is 12.3 Å². The van der Waals surface area contributed by atoms with Crippen molar-refractivity contribution in [2.45, 2.75) is 45.7 Å². The Hall–Kier alpha value is -3.57. The molecule has 0 radical (unpaired) electrons. The molecule has 0 aliphatic rings. The van der Waals surface area contributed by atoms with Gasteiger partial charge in [-0.2, -0.15) is 13.2 Å². The number of nitrogens with zero attached hydrogens (tertiary/aromatic N) is 1. The van der Waals surface area contributed by atoms with Crippen molar-refractivity contribution in [2.75, 3.05) is 11.9 Å². The van der Waals surface area contributed by atoms with Gasteiger partial charge >= 0.3 is 6.18 Å². The average Bonchev–Trinajstić information content (AvgIpc) is 2.92. The lowest BCUT2D eigenvalue weighted by Gasteiger charge is -2.26. The van der Waals surface area contributed by atoms with Gasteiger partial charge in [0.15, 0.2) is 5.78 Å². The van der Waals surface area contributed by atoms with Gasteiger partial charge in [-0.1, -0.05) is 35.3 Å². The lowest BCUT2D eigenvalue weighted by Crippen LogP contribution is -2.39. The summed E-state index contributed by atoms with van der Waals surface area (Å²) in [6.45, 7) is 0.659. The summed E-state index contributed by atoms with van der Waals surface area (Å²) in [6.07, 6.45) is -5.54. The molecular weight excluding hydrogens is 606 g/mol. The fourth-order valence-electron chi connectivity index (χ4n) is 3.76. The first-order valence-electron chi connectivity index (χ1n) is 12.5. The van der Waals surface area contributed by atoms with E-state index in [-0.39, 0.29) is 45.5 Å². The van der Waals surface area contributed by atoms with Crippen LogP contribution in [0.3, 0.4) is 0 Å². The van der Waals surface area contributed by atoms with Gasteiger partial charge in [0.1, 0.15) is 23.6 Å². The molecular formula is C29H25Cl2F5N2O4.